The fourth-order valence-electron chi connectivity index (χ4n) is 2.60. The Morgan fingerprint density at radius 2 is 1.80 bits per heavy atom. The minimum atomic E-state index is 0.163. The molecule has 1 aromatic rings. The molecule has 1 aliphatic rings. The van der Waals surface area contributed by atoms with E-state index in [9.17, 15) is 4.79 Å². The maximum absolute atomic E-state index is 12.2. The lowest BCUT2D eigenvalue weighted by atomic mass is 10.1. The molecule has 110 valence electrons. The Bertz CT molecular complexity index is 453. The van der Waals surface area contributed by atoms with Crippen LogP contribution < -0.4 is 9.47 Å². The van der Waals surface area contributed by atoms with Gasteiger partial charge in [-0.3, -0.25) is 4.79 Å². The van der Waals surface area contributed by atoms with Gasteiger partial charge in [0.05, 0.1) is 14.2 Å². The molecule has 0 atom stereocenters. The third-order valence-corrected chi connectivity index (χ3v) is 3.81. The van der Waals surface area contributed by atoms with Crippen molar-refractivity contribution < 1.29 is 14.3 Å². The van der Waals surface area contributed by atoms with Crippen molar-refractivity contribution in [2.45, 2.75) is 25.7 Å². The molecule has 20 heavy (non-hydrogen) atoms. The number of methoxy groups -OCH3 is 2. The standard InChI is InChI=1S/C16H23NO3/c1-19-15-7-6-13(12-16(15)20-2)14(18)8-11-17-9-4-3-5-10-17/h6-7,12H,3-5,8-11H2,1-2H3. The Kier molecular flexibility index (Phi) is 5.41. The molecule has 0 N–H and O–H groups in total. The molecular weight excluding hydrogens is 254 g/mol. The molecule has 0 aliphatic carbocycles. The van der Waals surface area contributed by atoms with E-state index < -0.39 is 0 Å². The molecule has 1 fully saturated rings. The predicted octanol–water partition coefficient (Wildman–Crippen LogP) is 2.76. The van der Waals surface area contributed by atoms with Gasteiger partial charge in [-0.1, -0.05) is 6.42 Å². The van der Waals surface area contributed by atoms with Gasteiger partial charge < -0.3 is 14.4 Å². The van der Waals surface area contributed by atoms with Gasteiger partial charge in [0.25, 0.3) is 0 Å². The molecule has 0 bridgehead atoms. The number of ether oxygens (including phenoxy) is 2. The van der Waals surface area contributed by atoms with Crippen LogP contribution in [0, 0.1) is 0 Å². The number of Topliss-reactive ketones (excluding diaryl/α,β-unsaturated/α-hetero) is 1. The first-order chi connectivity index (χ1) is 9.74. The lowest BCUT2D eigenvalue weighted by Crippen LogP contribution is -2.31. The van der Waals surface area contributed by atoms with Gasteiger partial charge in [0.1, 0.15) is 0 Å². The third-order valence-electron chi connectivity index (χ3n) is 3.81. The van der Waals surface area contributed by atoms with E-state index in [-0.39, 0.29) is 5.78 Å². The normalized spacial score (nSPS) is 15.9. The summed E-state index contributed by atoms with van der Waals surface area (Å²) in [4.78, 5) is 14.6. The summed E-state index contributed by atoms with van der Waals surface area (Å²) in [6.45, 7) is 3.10. The second-order valence-electron chi connectivity index (χ2n) is 5.15. The van der Waals surface area contributed by atoms with Crippen LogP contribution in [0.2, 0.25) is 0 Å². The molecule has 0 radical (unpaired) electrons. The molecule has 1 heterocycles. The maximum Gasteiger partial charge on any atom is 0.164 e. The summed E-state index contributed by atoms with van der Waals surface area (Å²) in [5.41, 5.74) is 0.694. The van der Waals surface area contributed by atoms with E-state index in [0.29, 0.717) is 23.5 Å². The highest BCUT2D eigenvalue weighted by Gasteiger charge is 2.14. The van der Waals surface area contributed by atoms with E-state index in [0.717, 1.165) is 19.6 Å². The maximum atomic E-state index is 12.2. The molecular formula is C16H23NO3. The number of rotatable bonds is 6. The molecule has 0 aromatic heterocycles. The average molecular weight is 277 g/mol. The second-order valence-corrected chi connectivity index (χ2v) is 5.15. The van der Waals surface area contributed by atoms with Crippen LogP contribution in [0.3, 0.4) is 0 Å². The van der Waals surface area contributed by atoms with Crippen LogP contribution in [0.25, 0.3) is 0 Å². The first-order valence-electron chi connectivity index (χ1n) is 7.22. The number of piperidine rings is 1. The highest BCUT2D eigenvalue weighted by Crippen LogP contribution is 2.28. The molecule has 0 unspecified atom stereocenters. The van der Waals surface area contributed by atoms with Crippen LogP contribution in [-0.2, 0) is 0 Å². The van der Waals surface area contributed by atoms with Crippen molar-refractivity contribution in [2.24, 2.45) is 0 Å². The van der Waals surface area contributed by atoms with Crippen LogP contribution in [-0.4, -0.2) is 44.5 Å². The van der Waals surface area contributed by atoms with Crippen molar-refractivity contribution in [3.8, 4) is 11.5 Å². The van der Waals surface area contributed by atoms with Crippen LogP contribution in [0.15, 0.2) is 18.2 Å². The SMILES string of the molecule is COc1ccc(C(=O)CCN2CCCCC2)cc1OC. The summed E-state index contributed by atoms with van der Waals surface area (Å²) in [6.07, 6.45) is 4.39. The summed E-state index contributed by atoms with van der Waals surface area (Å²) in [6, 6.07) is 5.35. The lowest BCUT2D eigenvalue weighted by molar-refractivity contribution is 0.0958. The Labute approximate surface area is 120 Å². The van der Waals surface area contributed by atoms with Crippen molar-refractivity contribution >= 4 is 5.78 Å². The molecule has 2 rings (SSSR count). The number of benzene rings is 1. The van der Waals surface area contributed by atoms with Gasteiger partial charge >= 0.3 is 0 Å². The second kappa shape index (κ2) is 7.29. The van der Waals surface area contributed by atoms with Crippen molar-refractivity contribution in [3.05, 3.63) is 23.8 Å². The topological polar surface area (TPSA) is 38.8 Å². The highest BCUT2D eigenvalue weighted by molar-refractivity contribution is 5.96. The van der Waals surface area contributed by atoms with Gasteiger partial charge in [-0.05, 0) is 44.1 Å². The zero-order valence-corrected chi connectivity index (χ0v) is 12.4. The number of carbonyl (C=O) groups is 1. The van der Waals surface area contributed by atoms with E-state index in [1.165, 1.54) is 19.3 Å². The summed E-state index contributed by atoms with van der Waals surface area (Å²) >= 11 is 0. The zero-order chi connectivity index (χ0) is 14.4. The third kappa shape index (κ3) is 3.73. The van der Waals surface area contributed by atoms with E-state index in [1.807, 2.05) is 0 Å². The number of likely N-dealkylation sites (tertiary alicyclic amines) is 1. The molecule has 4 heteroatoms. The minimum absolute atomic E-state index is 0.163. The monoisotopic (exact) mass is 277 g/mol. The van der Waals surface area contributed by atoms with Gasteiger partial charge in [-0.25, -0.2) is 0 Å². The number of nitrogens with zero attached hydrogens (tertiary/aromatic N) is 1. The van der Waals surface area contributed by atoms with Crippen LogP contribution in [0.5, 0.6) is 11.5 Å². The van der Waals surface area contributed by atoms with E-state index in [4.69, 9.17) is 9.47 Å². The zero-order valence-electron chi connectivity index (χ0n) is 12.4. The summed E-state index contributed by atoms with van der Waals surface area (Å²) in [5.74, 6) is 1.42. The van der Waals surface area contributed by atoms with Gasteiger partial charge in [0.2, 0.25) is 0 Å². The fourth-order valence-corrected chi connectivity index (χ4v) is 2.60. The van der Waals surface area contributed by atoms with E-state index in [2.05, 4.69) is 4.90 Å². The smallest absolute Gasteiger partial charge is 0.164 e. The highest BCUT2D eigenvalue weighted by atomic mass is 16.5. The van der Waals surface area contributed by atoms with E-state index >= 15 is 0 Å². The van der Waals surface area contributed by atoms with Crippen LogP contribution >= 0.6 is 0 Å². The Hall–Kier alpha value is -1.55. The molecule has 4 nitrogen and oxygen atoms in total. The Morgan fingerprint density at radius 1 is 1.10 bits per heavy atom. The number of ketones is 1. The number of hydrogen-bond donors (Lipinski definition) is 0. The molecule has 0 amide bonds. The molecule has 1 saturated heterocycles. The molecule has 0 saturated carbocycles. The first kappa shape index (κ1) is 14.9. The van der Waals surface area contributed by atoms with Gasteiger partial charge in [-0.15, -0.1) is 0 Å². The lowest BCUT2D eigenvalue weighted by Gasteiger charge is -2.25. The number of hydrogen-bond acceptors (Lipinski definition) is 4. The first-order valence-corrected chi connectivity index (χ1v) is 7.22. The molecule has 1 aromatic carbocycles. The van der Waals surface area contributed by atoms with Crippen molar-refractivity contribution in [1.82, 2.24) is 4.90 Å². The van der Waals surface area contributed by atoms with Crippen LogP contribution in [0.4, 0.5) is 0 Å². The van der Waals surface area contributed by atoms with Gasteiger partial charge in [0.15, 0.2) is 17.3 Å². The largest absolute Gasteiger partial charge is 0.493 e. The quantitative estimate of drug-likeness (QED) is 0.749. The van der Waals surface area contributed by atoms with Crippen molar-refractivity contribution in [3.63, 3.8) is 0 Å². The summed E-state index contributed by atoms with van der Waals surface area (Å²) in [5, 5.41) is 0. The number of carbonyl (C=O) groups excluding carboxylic acids is 1. The Morgan fingerprint density at radius 3 is 2.45 bits per heavy atom. The predicted molar refractivity (Wildman–Crippen MR) is 78.8 cm³/mol. The van der Waals surface area contributed by atoms with Crippen molar-refractivity contribution in [2.75, 3.05) is 33.9 Å². The van der Waals surface area contributed by atoms with Gasteiger partial charge in [0, 0.05) is 18.5 Å². The van der Waals surface area contributed by atoms with E-state index in [1.54, 1.807) is 32.4 Å². The fraction of sp³-hybridized carbons (Fsp3) is 0.562. The summed E-state index contributed by atoms with van der Waals surface area (Å²) in [7, 11) is 3.18. The Balaban J connectivity index is 1.94. The van der Waals surface area contributed by atoms with Crippen molar-refractivity contribution in [1.29, 1.82) is 0 Å². The average Bonchev–Trinajstić information content (AvgIpc) is 2.52. The molecule has 0 spiro atoms. The van der Waals surface area contributed by atoms with Gasteiger partial charge in [-0.2, -0.15) is 0 Å². The minimum Gasteiger partial charge on any atom is -0.493 e. The summed E-state index contributed by atoms with van der Waals surface area (Å²) < 4.78 is 10.4. The van der Waals surface area contributed by atoms with Crippen LogP contribution in [0.1, 0.15) is 36.0 Å². The molecule has 1 aliphatic heterocycles.